The number of aromatic nitrogens is 2. The number of nitrogens with zero attached hydrogens (tertiary/aromatic N) is 4. The molecule has 0 radical (unpaired) electrons. The third-order valence-corrected chi connectivity index (χ3v) is 3.21. The molecule has 4 heteroatoms. The summed E-state index contributed by atoms with van der Waals surface area (Å²) in [7, 11) is 4.15. The standard InChI is InChI=1S/C15H20N4/c1-12-5-6-14-13(11-12)17-15(7-8-16)19(14)10-4-9-18(2)3/h5-6,11H,4,7,9-10H2,1-3H3. The first-order valence-electron chi connectivity index (χ1n) is 6.59. The van der Waals surface area contributed by atoms with Crippen molar-refractivity contribution < 1.29 is 0 Å². The van der Waals surface area contributed by atoms with Gasteiger partial charge < -0.3 is 9.47 Å². The molecule has 0 unspecified atom stereocenters. The molecule has 0 fully saturated rings. The zero-order valence-corrected chi connectivity index (χ0v) is 11.8. The second-order valence-electron chi connectivity index (χ2n) is 5.16. The summed E-state index contributed by atoms with van der Waals surface area (Å²) in [6, 6.07) is 8.49. The molecule has 2 aromatic rings. The third kappa shape index (κ3) is 3.12. The van der Waals surface area contributed by atoms with Gasteiger partial charge in [-0.25, -0.2) is 4.98 Å². The molecular formula is C15H20N4. The van der Waals surface area contributed by atoms with Crippen molar-refractivity contribution in [2.75, 3.05) is 20.6 Å². The van der Waals surface area contributed by atoms with Crippen molar-refractivity contribution in [3.05, 3.63) is 29.6 Å². The van der Waals surface area contributed by atoms with Gasteiger partial charge in [-0.1, -0.05) is 6.07 Å². The van der Waals surface area contributed by atoms with E-state index in [0.29, 0.717) is 6.42 Å². The molecular weight excluding hydrogens is 236 g/mol. The molecule has 0 aliphatic heterocycles. The summed E-state index contributed by atoms with van der Waals surface area (Å²) in [5.41, 5.74) is 3.33. The summed E-state index contributed by atoms with van der Waals surface area (Å²) in [6.07, 6.45) is 1.43. The van der Waals surface area contributed by atoms with Crippen LogP contribution in [0.3, 0.4) is 0 Å². The Morgan fingerprint density at radius 1 is 1.37 bits per heavy atom. The largest absolute Gasteiger partial charge is 0.327 e. The van der Waals surface area contributed by atoms with Crippen LogP contribution >= 0.6 is 0 Å². The van der Waals surface area contributed by atoms with Gasteiger partial charge in [0.2, 0.25) is 0 Å². The number of imidazole rings is 1. The second kappa shape index (κ2) is 5.85. The number of benzene rings is 1. The lowest BCUT2D eigenvalue weighted by atomic mass is 10.2. The maximum atomic E-state index is 8.93. The van der Waals surface area contributed by atoms with E-state index in [9.17, 15) is 0 Å². The first kappa shape index (κ1) is 13.6. The summed E-state index contributed by atoms with van der Waals surface area (Å²) in [6.45, 7) is 4.01. The highest BCUT2D eigenvalue weighted by molar-refractivity contribution is 5.77. The van der Waals surface area contributed by atoms with Gasteiger partial charge in [0.15, 0.2) is 0 Å². The number of fused-ring (bicyclic) bond motifs is 1. The fourth-order valence-electron chi connectivity index (χ4n) is 2.29. The summed E-state index contributed by atoms with van der Waals surface area (Å²) in [4.78, 5) is 6.76. The SMILES string of the molecule is Cc1ccc2c(c1)nc(CC#N)n2CCCN(C)C. The predicted molar refractivity (Wildman–Crippen MR) is 77.0 cm³/mol. The van der Waals surface area contributed by atoms with Crippen molar-refractivity contribution in [3.63, 3.8) is 0 Å². The molecule has 0 saturated heterocycles. The molecule has 1 heterocycles. The van der Waals surface area contributed by atoms with Gasteiger partial charge in [-0.3, -0.25) is 0 Å². The van der Waals surface area contributed by atoms with Crippen LogP contribution in [-0.4, -0.2) is 35.1 Å². The monoisotopic (exact) mass is 256 g/mol. The maximum Gasteiger partial charge on any atom is 0.124 e. The van der Waals surface area contributed by atoms with Crippen LogP contribution in [0, 0.1) is 18.3 Å². The lowest BCUT2D eigenvalue weighted by molar-refractivity contribution is 0.386. The zero-order chi connectivity index (χ0) is 13.8. The third-order valence-electron chi connectivity index (χ3n) is 3.21. The quantitative estimate of drug-likeness (QED) is 0.825. The van der Waals surface area contributed by atoms with Gasteiger partial charge in [0.1, 0.15) is 5.82 Å². The Morgan fingerprint density at radius 3 is 2.84 bits per heavy atom. The molecule has 1 aromatic heterocycles. The highest BCUT2D eigenvalue weighted by Crippen LogP contribution is 2.18. The van der Waals surface area contributed by atoms with Crippen LogP contribution in [0.5, 0.6) is 0 Å². The minimum absolute atomic E-state index is 0.371. The van der Waals surface area contributed by atoms with Gasteiger partial charge in [-0.05, 0) is 51.7 Å². The highest BCUT2D eigenvalue weighted by atomic mass is 15.1. The minimum atomic E-state index is 0.371. The summed E-state index contributed by atoms with van der Waals surface area (Å²) in [5.74, 6) is 0.877. The van der Waals surface area contributed by atoms with Crippen LogP contribution in [0.4, 0.5) is 0 Å². The Labute approximate surface area is 114 Å². The van der Waals surface area contributed by atoms with Crippen LogP contribution in [0.15, 0.2) is 18.2 Å². The average Bonchev–Trinajstić information content (AvgIpc) is 2.66. The lowest BCUT2D eigenvalue weighted by Crippen LogP contribution is -2.15. The molecule has 2 rings (SSSR count). The van der Waals surface area contributed by atoms with Gasteiger partial charge in [0, 0.05) is 6.54 Å². The normalized spacial score (nSPS) is 11.1. The van der Waals surface area contributed by atoms with E-state index < -0.39 is 0 Å². The van der Waals surface area contributed by atoms with Crippen molar-refractivity contribution >= 4 is 11.0 Å². The Balaban J connectivity index is 2.32. The van der Waals surface area contributed by atoms with Crippen LogP contribution < -0.4 is 0 Å². The lowest BCUT2D eigenvalue weighted by Gasteiger charge is -2.11. The van der Waals surface area contributed by atoms with Gasteiger partial charge in [-0.2, -0.15) is 5.26 Å². The van der Waals surface area contributed by atoms with E-state index in [-0.39, 0.29) is 0 Å². The smallest absolute Gasteiger partial charge is 0.124 e. The first-order chi connectivity index (χ1) is 9.11. The van der Waals surface area contributed by atoms with Crippen molar-refractivity contribution in [1.82, 2.24) is 14.5 Å². The Hall–Kier alpha value is -1.86. The van der Waals surface area contributed by atoms with E-state index in [4.69, 9.17) is 5.26 Å². The van der Waals surface area contributed by atoms with E-state index in [1.807, 2.05) is 0 Å². The minimum Gasteiger partial charge on any atom is -0.327 e. The Morgan fingerprint density at radius 2 is 2.16 bits per heavy atom. The van der Waals surface area contributed by atoms with E-state index >= 15 is 0 Å². The fraction of sp³-hybridized carbons (Fsp3) is 0.467. The van der Waals surface area contributed by atoms with Gasteiger partial charge >= 0.3 is 0 Å². The van der Waals surface area contributed by atoms with Crippen LogP contribution in [0.25, 0.3) is 11.0 Å². The molecule has 19 heavy (non-hydrogen) atoms. The molecule has 0 amide bonds. The summed E-state index contributed by atoms with van der Waals surface area (Å²) < 4.78 is 2.18. The molecule has 100 valence electrons. The number of hydrogen-bond donors (Lipinski definition) is 0. The molecule has 0 atom stereocenters. The number of hydrogen-bond acceptors (Lipinski definition) is 3. The molecule has 0 aliphatic rings. The predicted octanol–water partition coefficient (Wildman–Crippen LogP) is 2.36. The molecule has 0 spiro atoms. The van der Waals surface area contributed by atoms with Crippen molar-refractivity contribution in [2.24, 2.45) is 0 Å². The molecule has 0 saturated carbocycles. The van der Waals surface area contributed by atoms with E-state index in [1.165, 1.54) is 5.56 Å². The number of nitriles is 1. The molecule has 0 aliphatic carbocycles. The molecule has 1 aromatic carbocycles. The number of rotatable bonds is 5. The van der Waals surface area contributed by atoms with Gasteiger partial charge in [0.05, 0.1) is 23.5 Å². The maximum absolute atomic E-state index is 8.93. The van der Waals surface area contributed by atoms with Crippen molar-refractivity contribution in [1.29, 1.82) is 5.26 Å². The highest BCUT2D eigenvalue weighted by Gasteiger charge is 2.10. The van der Waals surface area contributed by atoms with Crippen molar-refractivity contribution in [2.45, 2.75) is 26.3 Å². The van der Waals surface area contributed by atoms with E-state index in [2.05, 4.69) is 59.7 Å². The van der Waals surface area contributed by atoms with Crippen LogP contribution in [-0.2, 0) is 13.0 Å². The average molecular weight is 256 g/mol. The number of aryl methyl sites for hydroxylation is 2. The van der Waals surface area contributed by atoms with Gasteiger partial charge in [-0.15, -0.1) is 0 Å². The van der Waals surface area contributed by atoms with Gasteiger partial charge in [0.25, 0.3) is 0 Å². The van der Waals surface area contributed by atoms with Crippen LogP contribution in [0.1, 0.15) is 17.8 Å². The Kier molecular flexibility index (Phi) is 4.18. The van der Waals surface area contributed by atoms with E-state index in [1.54, 1.807) is 0 Å². The second-order valence-corrected chi connectivity index (χ2v) is 5.16. The summed E-state index contributed by atoms with van der Waals surface area (Å²) in [5, 5.41) is 8.93. The molecule has 4 nitrogen and oxygen atoms in total. The van der Waals surface area contributed by atoms with E-state index in [0.717, 1.165) is 36.4 Å². The first-order valence-corrected chi connectivity index (χ1v) is 6.59. The van der Waals surface area contributed by atoms with Crippen LogP contribution in [0.2, 0.25) is 0 Å². The topological polar surface area (TPSA) is 44.9 Å². The summed E-state index contributed by atoms with van der Waals surface area (Å²) >= 11 is 0. The fourth-order valence-corrected chi connectivity index (χ4v) is 2.29. The molecule has 0 N–H and O–H groups in total. The molecule has 0 bridgehead atoms. The van der Waals surface area contributed by atoms with Crippen molar-refractivity contribution in [3.8, 4) is 6.07 Å². The zero-order valence-electron chi connectivity index (χ0n) is 11.8. The Bertz CT molecular complexity index is 604.